The largest absolute Gasteiger partial charge is 0.365 e. The van der Waals surface area contributed by atoms with Gasteiger partial charge in [0.25, 0.3) is 0 Å². The van der Waals surface area contributed by atoms with Gasteiger partial charge in [0.2, 0.25) is 0 Å². The summed E-state index contributed by atoms with van der Waals surface area (Å²) in [6, 6.07) is 4.05. The lowest BCUT2D eigenvalue weighted by Gasteiger charge is -2.33. The minimum atomic E-state index is -0.315. The van der Waals surface area contributed by atoms with Crippen LogP contribution in [0.1, 0.15) is 12.8 Å². The maximum absolute atomic E-state index is 11.4. The van der Waals surface area contributed by atoms with E-state index in [2.05, 4.69) is 10.3 Å². The number of piperidine rings is 1. The quantitative estimate of drug-likeness (QED) is 0.694. The molecule has 3 rings (SSSR count). The highest BCUT2D eigenvalue weighted by molar-refractivity contribution is 7.16. The number of rotatable bonds is 3. The van der Waals surface area contributed by atoms with Crippen LogP contribution in [0.5, 0.6) is 0 Å². The highest BCUT2D eigenvalue weighted by Gasteiger charge is 2.27. The van der Waals surface area contributed by atoms with Crippen LogP contribution in [0.25, 0.3) is 10.2 Å². The van der Waals surface area contributed by atoms with Crippen LogP contribution in [0.4, 0.5) is 11.4 Å². The summed E-state index contributed by atoms with van der Waals surface area (Å²) in [4.78, 5) is 17.3. The second kappa shape index (κ2) is 5.34. The molecule has 1 fully saturated rings. The van der Waals surface area contributed by atoms with E-state index in [0.29, 0.717) is 17.2 Å². The highest BCUT2D eigenvalue weighted by Crippen LogP contribution is 2.37. The van der Waals surface area contributed by atoms with Crippen molar-refractivity contribution in [2.75, 3.05) is 25.0 Å². The average molecular weight is 292 g/mol. The van der Waals surface area contributed by atoms with Gasteiger partial charge in [0.05, 0.1) is 15.1 Å². The van der Waals surface area contributed by atoms with E-state index in [0.717, 1.165) is 30.6 Å². The molecule has 2 heterocycles. The fourth-order valence-corrected chi connectivity index (χ4v) is 3.41. The van der Waals surface area contributed by atoms with E-state index in [1.54, 1.807) is 5.51 Å². The molecule has 20 heavy (non-hydrogen) atoms. The number of hydrogen-bond donors (Lipinski definition) is 1. The van der Waals surface area contributed by atoms with Crippen molar-refractivity contribution >= 4 is 32.9 Å². The van der Waals surface area contributed by atoms with Crippen LogP contribution in [0.15, 0.2) is 17.6 Å². The van der Waals surface area contributed by atoms with E-state index in [9.17, 15) is 10.1 Å². The van der Waals surface area contributed by atoms with E-state index < -0.39 is 0 Å². The zero-order valence-corrected chi connectivity index (χ0v) is 12.0. The molecule has 6 nitrogen and oxygen atoms in total. The molecule has 1 aromatic carbocycles. The fraction of sp³-hybridized carbons (Fsp3) is 0.462. The second-order valence-corrected chi connectivity index (χ2v) is 5.89. The maximum atomic E-state index is 11.4. The van der Waals surface area contributed by atoms with Gasteiger partial charge in [0.15, 0.2) is 5.52 Å². The number of thiazole rings is 1. The van der Waals surface area contributed by atoms with Crippen LogP contribution >= 0.6 is 11.3 Å². The first-order chi connectivity index (χ1) is 9.68. The topological polar surface area (TPSA) is 71.3 Å². The van der Waals surface area contributed by atoms with E-state index in [1.165, 1.54) is 11.3 Å². The van der Waals surface area contributed by atoms with Gasteiger partial charge in [-0.25, -0.2) is 4.98 Å². The van der Waals surface area contributed by atoms with E-state index >= 15 is 0 Å². The Morgan fingerprint density at radius 2 is 2.40 bits per heavy atom. The Bertz CT molecular complexity index is 636. The lowest BCUT2D eigenvalue weighted by Crippen LogP contribution is -2.44. The maximum Gasteiger partial charge on any atom is 0.319 e. The lowest BCUT2D eigenvalue weighted by molar-refractivity contribution is -0.382. The molecule has 1 N–H and O–H groups in total. The zero-order valence-electron chi connectivity index (χ0n) is 11.2. The van der Waals surface area contributed by atoms with Crippen LogP contribution in [-0.2, 0) is 0 Å². The Morgan fingerprint density at radius 3 is 3.10 bits per heavy atom. The fourth-order valence-electron chi connectivity index (χ4n) is 2.73. The number of fused-ring (bicyclic) bond motifs is 1. The minimum Gasteiger partial charge on any atom is -0.365 e. The molecular formula is C13H16N4O2S. The number of benzene rings is 1. The molecule has 1 aliphatic heterocycles. The van der Waals surface area contributed by atoms with Gasteiger partial charge in [-0.2, -0.15) is 0 Å². The number of anilines is 1. The normalized spacial score (nSPS) is 19.1. The first-order valence-electron chi connectivity index (χ1n) is 6.62. The molecule has 1 unspecified atom stereocenters. The number of nitro groups is 1. The number of aromatic nitrogens is 1. The number of likely N-dealkylation sites (N-methyl/N-ethyl adjacent to an activating group) is 1. The molecule has 0 amide bonds. The van der Waals surface area contributed by atoms with Crippen molar-refractivity contribution in [2.24, 2.45) is 0 Å². The summed E-state index contributed by atoms with van der Waals surface area (Å²) in [6.07, 6.45) is 2.15. The average Bonchev–Trinajstić information content (AvgIpc) is 2.94. The molecule has 0 bridgehead atoms. The third-order valence-corrected chi connectivity index (χ3v) is 4.63. The third-order valence-electron chi connectivity index (χ3n) is 3.84. The Morgan fingerprint density at radius 1 is 1.55 bits per heavy atom. The summed E-state index contributed by atoms with van der Waals surface area (Å²) in [5, 5.41) is 14.8. The SMILES string of the molecule is CN(c1ccc2scnc2c1[N+](=O)[O-])C1CCCNC1. The van der Waals surface area contributed by atoms with Gasteiger partial charge in [-0.3, -0.25) is 10.1 Å². The van der Waals surface area contributed by atoms with Crippen molar-refractivity contribution in [3.8, 4) is 0 Å². The minimum absolute atomic E-state index is 0.122. The Hall–Kier alpha value is -1.73. The molecule has 1 aromatic heterocycles. The summed E-state index contributed by atoms with van der Waals surface area (Å²) >= 11 is 1.43. The molecule has 0 radical (unpaired) electrons. The van der Waals surface area contributed by atoms with Crippen LogP contribution in [-0.4, -0.2) is 36.1 Å². The van der Waals surface area contributed by atoms with Crippen molar-refractivity contribution in [1.29, 1.82) is 0 Å². The van der Waals surface area contributed by atoms with E-state index in [4.69, 9.17) is 0 Å². The summed E-state index contributed by atoms with van der Waals surface area (Å²) in [6.45, 7) is 1.89. The number of hydrogen-bond acceptors (Lipinski definition) is 6. The zero-order chi connectivity index (χ0) is 14.1. The van der Waals surface area contributed by atoms with Crippen LogP contribution in [0, 0.1) is 10.1 Å². The van der Waals surface area contributed by atoms with Gasteiger partial charge in [-0.05, 0) is 31.5 Å². The second-order valence-electron chi connectivity index (χ2n) is 5.00. The number of nitro benzene ring substituents is 1. The monoisotopic (exact) mass is 292 g/mol. The molecular weight excluding hydrogens is 276 g/mol. The van der Waals surface area contributed by atoms with Gasteiger partial charge in [-0.1, -0.05) is 0 Å². The van der Waals surface area contributed by atoms with Gasteiger partial charge in [0, 0.05) is 19.6 Å². The van der Waals surface area contributed by atoms with E-state index in [1.807, 2.05) is 24.1 Å². The third kappa shape index (κ3) is 2.23. The molecule has 1 atom stereocenters. The molecule has 7 heteroatoms. The first-order valence-corrected chi connectivity index (χ1v) is 7.50. The first kappa shape index (κ1) is 13.3. The van der Waals surface area contributed by atoms with Crippen molar-refractivity contribution in [2.45, 2.75) is 18.9 Å². The van der Waals surface area contributed by atoms with Crippen LogP contribution in [0.3, 0.4) is 0 Å². The van der Waals surface area contributed by atoms with Crippen LogP contribution in [0.2, 0.25) is 0 Å². The standard InChI is InChI=1S/C13H16N4O2S/c1-16(9-3-2-6-14-7-9)10-4-5-11-12(15-8-20-11)13(10)17(18)19/h4-5,8-9,14H,2-3,6-7H2,1H3. The predicted molar refractivity (Wildman–Crippen MR) is 80.6 cm³/mol. The molecule has 1 aliphatic rings. The molecule has 0 aliphatic carbocycles. The van der Waals surface area contributed by atoms with E-state index in [-0.39, 0.29) is 10.6 Å². The predicted octanol–water partition coefficient (Wildman–Crippen LogP) is 2.39. The summed E-state index contributed by atoms with van der Waals surface area (Å²) < 4.78 is 0.857. The van der Waals surface area contributed by atoms with Crippen LogP contribution < -0.4 is 10.2 Å². The number of nitrogens with zero attached hydrogens (tertiary/aromatic N) is 3. The summed E-state index contributed by atoms with van der Waals surface area (Å²) in [5.41, 5.74) is 2.93. The van der Waals surface area contributed by atoms with Gasteiger partial charge in [-0.15, -0.1) is 11.3 Å². The van der Waals surface area contributed by atoms with Crippen molar-refractivity contribution < 1.29 is 4.92 Å². The number of nitrogens with one attached hydrogen (secondary N) is 1. The Labute approximate surface area is 120 Å². The Kier molecular flexibility index (Phi) is 3.54. The molecule has 106 valence electrons. The molecule has 1 saturated heterocycles. The molecule has 0 saturated carbocycles. The summed E-state index contributed by atoms with van der Waals surface area (Å²) in [7, 11) is 1.93. The Balaban J connectivity index is 2.05. The molecule has 0 spiro atoms. The van der Waals surface area contributed by atoms with Crippen molar-refractivity contribution in [3.05, 3.63) is 27.8 Å². The van der Waals surface area contributed by atoms with Gasteiger partial charge < -0.3 is 10.2 Å². The highest BCUT2D eigenvalue weighted by atomic mass is 32.1. The van der Waals surface area contributed by atoms with Crippen molar-refractivity contribution in [3.63, 3.8) is 0 Å². The van der Waals surface area contributed by atoms with Gasteiger partial charge >= 0.3 is 5.69 Å². The van der Waals surface area contributed by atoms with Crippen molar-refractivity contribution in [1.82, 2.24) is 10.3 Å². The lowest BCUT2D eigenvalue weighted by atomic mass is 10.1. The molecule has 2 aromatic rings. The summed E-state index contributed by atoms with van der Waals surface area (Å²) in [5.74, 6) is 0. The van der Waals surface area contributed by atoms with Gasteiger partial charge in [0.1, 0.15) is 5.69 Å². The smallest absolute Gasteiger partial charge is 0.319 e.